The van der Waals surface area contributed by atoms with Crippen LogP contribution in [0.25, 0.3) is 11.8 Å². The molecule has 4 nitrogen and oxygen atoms in total. The fraction of sp³-hybridized carbons (Fsp3) is 0.100. The maximum absolute atomic E-state index is 12.2. The van der Waals surface area contributed by atoms with Crippen molar-refractivity contribution in [3.8, 4) is 5.75 Å². The van der Waals surface area contributed by atoms with E-state index in [2.05, 4.69) is 0 Å². The van der Waals surface area contributed by atoms with E-state index in [9.17, 15) is 9.59 Å². The van der Waals surface area contributed by atoms with Gasteiger partial charge in [-0.1, -0.05) is 41.4 Å². The van der Waals surface area contributed by atoms with E-state index >= 15 is 0 Å². The van der Waals surface area contributed by atoms with Gasteiger partial charge in [0.15, 0.2) is 5.75 Å². The van der Waals surface area contributed by atoms with Crippen molar-refractivity contribution in [2.75, 3.05) is 0 Å². The summed E-state index contributed by atoms with van der Waals surface area (Å²) < 4.78 is 11.3. The Kier molecular flexibility index (Phi) is 5.48. The number of rotatable bonds is 3. The third kappa shape index (κ3) is 4.16. The molecule has 0 aromatic heterocycles. The molecule has 132 valence electrons. The molecule has 0 bridgehead atoms. The standard InChI is InChI=1S/C20H14ClIO4/c1-11-3-5-13(6-4-11)18-9-15(20(24)26-18)7-14-8-16(21)10-17(22)19(14)25-12(2)23/h3-10H,1-2H3/b15-7+. The number of benzene rings is 2. The minimum atomic E-state index is -0.468. The lowest BCUT2D eigenvalue weighted by molar-refractivity contribution is -0.132. The Morgan fingerprint density at radius 2 is 1.92 bits per heavy atom. The largest absolute Gasteiger partial charge is 0.425 e. The van der Waals surface area contributed by atoms with Crippen molar-refractivity contribution in [1.29, 1.82) is 0 Å². The fourth-order valence-electron chi connectivity index (χ4n) is 2.46. The summed E-state index contributed by atoms with van der Waals surface area (Å²) in [6.45, 7) is 3.31. The van der Waals surface area contributed by atoms with Gasteiger partial charge in [0.2, 0.25) is 0 Å². The first-order chi connectivity index (χ1) is 12.3. The Bertz CT molecular complexity index is 959. The molecular weight excluding hydrogens is 467 g/mol. The summed E-state index contributed by atoms with van der Waals surface area (Å²) in [7, 11) is 0. The van der Waals surface area contributed by atoms with E-state index in [-0.39, 0.29) is 0 Å². The van der Waals surface area contributed by atoms with Gasteiger partial charge in [-0.15, -0.1) is 0 Å². The average Bonchev–Trinajstić information content (AvgIpc) is 2.92. The van der Waals surface area contributed by atoms with E-state index < -0.39 is 11.9 Å². The molecule has 0 spiro atoms. The number of carbonyl (C=O) groups is 2. The van der Waals surface area contributed by atoms with Gasteiger partial charge in [0.1, 0.15) is 5.76 Å². The number of esters is 2. The average molecular weight is 481 g/mol. The Morgan fingerprint density at radius 3 is 2.58 bits per heavy atom. The first-order valence-electron chi connectivity index (χ1n) is 7.73. The molecule has 0 saturated heterocycles. The number of hydrogen-bond acceptors (Lipinski definition) is 4. The highest BCUT2D eigenvalue weighted by molar-refractivity contribution is 14.1. The van der Waals surface area contributed by atoms with Crippen molar-refractivity contribution in [3.05, 3.63) is 73.3 Å². The fourth-order valence-corrected chi connectivity index (χ4v) is 3.62. The third-order valence-electron chi connectivity index (χ3n) is 3.65. The van der Waals surface area contributed by atoms with Crippen LogP contribution < -0.4 is 4.74 Å². The highest BCUT2D eigenvalue weighted by Crippen LogP contribution is 2.34. The molecule has 1 aliphatic heterocycles. The van der Waals surface area contributed by atoms with Crippen molar-refractivity contribution < 1.29 is 19.1 Å². The van der Waals surface area contributed by atoms with Gasteiger partial charge in [-0.3, -0.25) is 4.79 Å². The van der Waals surface area contributed by atoms with Crippen LogP contribution in [0.15, 0.2) is 48.0 Å². The van der Waals surface area contributed by atoms with Gasteiger partial charge in [0.25, 0.3) is 0 Å². The lowest BCUT2D eigenvalue weighted by Crippen LogP contribution is -2.05. The summed E-state index contributed by atoms with van der Waals surface area (Å²) in [6, 6.07) is 11.0. The lowest BCUT2D eigenvalue weighted by atomic mass is 10.1. The highest BCUT2D eigenvalue weighted by atomic mass is 127. The molecule has 0 aliphatic carbocycles. The van der Waals surface area contributed by atoms with Crippen LogP contribution in [0.1, 0.15) is 23.6 Å². The summed E-state index contributed by atoms with van der Waals surface area (Å²) in [6.07, 6.45) is 3.27. The maximum Gasteiger partial charge on any atom is 0.343 e. The van der Waals surface area contributed by atoms with Gasteiger partial charge in [-0.25, -0.2) is 4.79 Å². The van der Waals surface area contributed by atoms with Crippen LogP contribution >= 0.6 is 34.2 Å². The minimum Gasteiger partial charge on any atom is -0.425 e. The normalized spacial score (nSPS) is 15.0. The van der Waals surface area contributed by atoms with Crippen LogP contribution in [0, 0.1) is 10.5 Å². The van der Waals surface area contributed by atoms with Crippen LogP contribution in [0.5, 0.6) is 5.75 Å². The SMILES string of the molecule is CC(=O)Oc1c(I)cc(Cl)cc1/C=C1\C=C(c2ccc(C)cc2)OC1=O. The Balaban J connectivity index is 2.03. The van der Waals surface area contributed by atoms with Crippen LogP contribution in [0.3, 0.4) is 0 Å². The molecule has 6 heteroatoms. The van der Waals surface area contributed by atoms with Gasteiger partial charge >= 0.3 is 11.9 Å². The van der Waals surface area contributed by atoms with Gasteiger partial charge in [0, 0.05) is 23.1 Å². The molecule has 3 rings (SSSR count). The summed E-state index contributed by atoms with van der Waals surface area (Å²) in [5.74, 6) is -0.0777. The zero-order valence-electron chi connectivity index (χ0n) is 14.0. The second-order valence-corrected chi connectivity index (χ2v) is 7.36. The maximum atomic E-state index is 12.2. The van der Waals surface area contributed by atoms with E-state index in [1.165, 1.54) is 6.92 Å². The summed E-state index contributed by atoms with van der Waals surface area (Å²) in [5.41, 5.74) is 2.82. The van der Waals surface area contributed by atoms with Gasteiger partial charge in [-0.2, -0.15) is 0 Å². The zero-order chi connectivity index (χ0) is 18.8. The van der Waals surface area contributed by atoms with Gasteiger partial charge < -0.3 is 9.47 Å². The van der Waals surface area contributed by atoms with Crippen molar-refractivity contribution in [2.24, 2.45) is 0 Å². The van der Waals surface area contributed by atoms with Gasteiger partial charge in [-0.05, 0) is 53.8 Å². The van der Waals surface area contributed by atoms with Crippen molar-refractivity contribution in [2.45, 2.75) is 13.8 Å². The summed E-state index contributed by atoms with van der Waals surface area (Å²) in [4.78, 5) is 23.6. The van der Waals surface area contributed by atoms with Crippen LogP contribution in [0.4, 0.5) is 0 Å². The second kappa shape index (κ2) is 7.63. The molecule has 0 amide bonds. The van der Waals surface area contributed by atoms with Crippen LogP contribution in [-0.2, 0) is 14.3 Å². The number of ether oxygens (including phenoxy) is 2. The lowest BCUT2D eigenvalue weighted by Gasteiger charge is -2.09. The number of carbonyl (C=O) groups excluding carboxylic acids is 2. The van der Waals surface area contributed by atoms with Crippen molar-refractivity contribution in [3.63, 3.8) is 0 Å². The molecule has 0 N–H and O–H groups in total. The van der Waals surface area contributed by atoms with Crippen molar-refractivity contribution in [1.82, 2.24) is 0 Å². The molecular formula is C20H14ClIO4. The van der Waals surface area contributed by atoms with E-state index in [0.717, 1.165) is 11.1 Å². The second-order valence-electron chi connectivity index (χ2n) is 5.76. The van der Waals surface area contributed by atoms with Crippen LogP contribution in [0.2, 0.25) is 5.02 Å². The number of cyclic esters (lactones) is 1. The van der Waals surface area contributed by atoms with E-state index in [0.29, 0.717) is 31.2 Å². The first-order valence-corrected chi connectivity index (χ1v) is 9.19. The summed E-state index contributed by atoms with van der Waals surface area (Å²) >= 11 is 8.14. The van der Waals surface area contributed by atoms with Gasteiger partial charge in [0.05, 0.1) is 9.14 Å². The highest BCUT2D eigenvalue weighted by Gasteiger charge is 2.23. The predicted octanol–water partition coefficient (Wildman–Crippen LogP) is 5.16. The predicted molar refractivity (Wildman–Crippen MR) is 109 cm³/mol. The van der Waals surface area contributed by atoms with E-state index in [4.69, 9.17) is 21.1 Å². The topological polar surface area (TPSA) is 52.6 Å². The number of aryl methyl sites for hydroxylation is 1. The Morgan fingerprint density at radius 1 is 1.23 bits per heavy atom. The van der Waals surface area contributed by atoms with Crippen molar-refractivity contribution >= 4 is 58.0 Å². The summed E-state index contributed by atoms with van der Waals surface area (Å²) in [5, 5.41) is 0.478. The third-order valence-corrected chi connectivity index (χ3v) is 4.67. The number of hydrogen-bond donors (Lipinski definition) is 0. The molecule has 0 fully saturated rings. The van der Waals surface area contributed by atoms with Crippen LogP contribution in [-0.4, -0.2) is 11.9 Å². The molecule has 0 saturated carbocycles. The monoisotopic (exact) mass is 480 g/mol. The zero-order valence-corrected chi connectivity index (χ0v) is 16.9. The molecule has 2 aromatic carbocycles. The Labute approximate surface area is 169 Å². The molecule has 0 radical (unpaired) electrons. The molecule has 0 atom stereocenters. The molecule has 2 aromatic rings. The molecule has 26 heavy (non-hydrogen) atoms. The quantitative estimate of drug-likeness (QED) is 0.264. The van der Waals surface area contributed by atoms with E-state index in [1.807, 2.05) is 53.8 Å². The number of halogens is 2. The minimum absolute atomic E-state index is 0.354. The smallest absolute Gasteiger partial charge is 0.343 e. The van der Waals surface area contributed by atoms with E-state index in [1.54, 1.807) is 24.3 Å². The first kappa shape index (κ1) is 18.7. The molecule has 1 aliphatic rings. The molecule has 1 heterocycles. The Hall–Kier alpha value is -2.12. The molecule has 0 unspecified atom stereocenters.